The van der Waals surface area contributed by atoms with E-state index in [1.54, 1.807) is 42.5 Å². The minimum absolute atomic E-state index is 0.0540. The van der Waals surface area contributed by atoms with Gasteiger partial charge in [-0.15, -0.1) is 0 Å². The summed E-state index contributed by atoms with van der Waals surface area (Å²) >= 11 is 0. The normalized spacial score (nSPS) is 18.6. The van der Waals surface area contributed by atoms with E-state index in [4.69, 9.17) is 0 Å². The molecule has 1 amide bonds. The molecule has 0 spiro atoms. The molecule has 0 radical (unpaired) electrons. The number of amides is 1. The molecular weight excluding hydrogens is 357 g/mol. The van der Waals surface area contributed by atoms with Gasteiger partial charge in [-0.1, -0.05) is 68.7 Å². The number of benzene rings is 2. The smallest absolute Gasteiger partial charge is 0.295 e. The Balaban J connectivity index is 2.04. The Morgan fingerprint density at radius 1 is 1.00 bits per heavy atom. The van der Waals surface area contributed by atoms with Crippen molar-refractivity contribution in [2.75, 3.05) is 6.54 Å². The highest BCUT2D eigenvalue weighted by Crippen LogP contribution is 2.39. The van der Waals surface area contributed by atoms with E-state index in [0.29, 0.717) is 17.7 Å². The lowest BCUT2D eigenvalue weighted by Gasteiger charge is -2.25. The fraction of sp³-hybridized carbons (Fsp3) is 0.304. The summed E-state index contributed by atoms with van der Waals surface area (Å²) in [6, 6.07) is 13.7. The van der Waals surface area contributed by atoms with E-state index in [0.717, 1.165) is 25.7 Å². The minimum Gasteiger partial charge on any atom is -0.507 e. The van der Waals surface area contributed by atoms with Gasteiger partial charge in [-0.05, 0) is 24.1 Å². The van der Waals surface area contributed by atoms with Crippen LogP contribution in [0.3, 0.4) is 0 Å². The van der Waals surface area contributed by atoms with E-state index in [9.17, 15) is 19.1 Å². The first-order valence-corrected chi connectivity index (χ1v) is 9.64. The second-order valence-electron chi connectivity index (χ2n) is 6.97. The summed E-state index contributed by atoms with van der Waals surface area (Å²) in [5.41, 5.74) is 1.13. The molecule has 2 aromatic rings. The third kappa shape index (κ3) is 3.98. The van der Waals surface area contributed by atoms with Crippen LogP contribution in [0.15, 0.2) is 60.2 Å². The zero-order chi connectivity index (χ0) is 20.1. The van der Waals surface area contributed by atoms with Crippen molar-refractivity contribution in [3.05, 3.63) is 77.1 Å². The number of unbranched alkanes of at least 4 members (excludes halogenated alkanes) is 3. The van der Waals surface area contributed by atoms with Gasteiger partial charge in [-0.3, -0.25) is 9.59 Å². The first-order chi connectivity index (χ1) is 13.5. The van der Waals surface area contributed by atoms with Crippen LogP contribution in [0.25, 0.3) is 5.76 Å². The van der Waals surface area contributed by atoms with Crippen LogP contribution in [0.4, 0.5) is 4.39 Å². The molecule has 146 valence electrons. The van der Waals surface area contributed by atoms with E-state index in [1.165, 1.54) is 17.0 Å². The quantitative estimate of drug-likeness (QED) is 0.323. The van der Waals surface area contributed by atoms with Crippen LogP contribution in [0.2, 0.25) is 0 Å². The van der Waals surface area contributed by atoms with Crippen molar-refractivity contribution in [2.24, 2.45) is 0 Å². The summed E-state index contributed by atoms with van der Waals surface area (Å²) in [4.78, 5) is 27.0. The second-order valence-corrected chi connectivity index (χ2v) is 6.97. The highest BCUT2D eigenvalue weighted by atomic mass is 19.1. The number of Topliss-reactive ketones (excluding diaryl/α,β-unsaturated/α-hetero) is 1. The van der Waals surface area contributed by atoms with E-state index in [2.05, 4.69) is 6.92 Å². The lowest BCUT2D eigenvalue weighted by Crippen LogP contribution is -2.30. The maximum absolute atomic E-state index is 13.4. The van der Waals surface area contributed by atoms with Crippen LogP contribution in [0.1, 0.15) is 49.8 Å². The molecule has 1 N–H and O–H groups in total. The SMILES string of the molecule is CCCCCCN1C(=O)C(=O)/C(=C(\O)c2ccccc2)C1c1ccc(F)cc1. The minimum atomic E-state index is -0.720. The van der Waals surface area contributed by atoms with Crippen molar-refractivity contribution in [3.63, 3.8) is 0 Å². The summed E-state index contributed by atoms with van der Waals surface area (Å²) in [5.74, 6) is -1.93. The zero-order valence-corrected chi connectivity index (χ0v) is 15.9. The molecule has 1 heterocycles. The highest BCUT2D eigenvalue weighted by Gasteiger charge is 2.45. The highest BCUT2D eigenvalue weighted by molar-refractivity contribution is 6.46. The lowest BCUT2D eigenvalue weighted by atomic mass is 9.95. The van der Waals surface area contributed by atoms with Crippen molar-refractivity contribution in [1.82, 2.24) is 4.90 Å². The van der Waals surface area contributed by atoms with Crippen LogP contribution in [0.5, 0.6) is 0 Å². The van der Waals surface area contributed by atoms with Gasteiger partial charge >= 0.3 is 0 Å². The molecular formula is C23H24FNO3. The van der Waals surface area contributed by atoms with Crippen molar-refractivity contribution in [3.8, 4) is 0 Å². The predicted molar refractivity (Wildman–Crippen MR) is 106 cm³/mol. The number of carbonyl (C=O) groups excluding carboxylic acids is 2. The van der Waals surface area contributed by atoms with E-state index >= 15 is 0 Å². The van der Waals surface area contributed by atoms with Gasteiger partial charge in [-0.25, -0.2) is 4.39 Å². The van der Waals surface area contributed by atoms with Crippen LogP contribution >= 0.6 is 0 Å². The molecule has 1 aliphatic rings. The van der Waals surface area contributed by atoms with Crippen molar-refractivity contribution >= 4 is 17.4 Å². The summed E-state index contributed by atoms with van der Waals surface area (Å²) in [5, 5.41) is 10.8. The summed E-state index contributed by atoms with van der Waals surface area (Å²) in [7, 11) is 0. The Bertz CT molecular complexity index is 874. The number of aliphatic hydroxyl groups excluding tert-OH is 1. The number of aliphatic hydroxyl groups is 1. The number of likely N-dealkylation sites (tertiary alicyclic amines) is 1. The van der Waals surface area contributed by atoms with Crippen LogP contribution in [-0.4, -0.2) is 28.2 Å². The fourth-order valence-corrected chi connectivity index (χ4v) is 3.56. The summed E-state index contributed by atoms with van der Waals surface area (Å²) < 4.78 is 13.4. The first kappa shape index (κ1) is 19.8. The molecule has 0 aromatic heterocycles. The standard InChI is InChI=1S/C23H24FNO3/c1-2-3-4-8-15-25-20(16-11-13-18(24)14-12-16)19(22(27)23(25)28)21(26)17-9-6-5-7-10-17/h5-7,9-14,20,26H,2-4,8,15H2,1H3/b21-19-. The molecule has 0 saturated carbocycles. The molecule has 1 unspecified atom stereocenters. The molecule has 1 saturated heterocycles. The number of hydrogen-bond donors (Lipinski definition) is 1. The van der Waals surface area contributed by atoms with Gasteiger partial charge in [0.1, 0.15) is 11.6 Å². The van der Waals surface area contributed by atoms with Crippen LogP contribution < -0.4 is 0 Å². The Hall–Kier alpha value is -2.95. The predicted octanol–water partition coefficient (Wildman–Crippen LogP) is 4.83. The van der Waals surface area contributed by atoms with Gasteiger partial charge in [0, 0.05) is 12.1 Å². The van der Waals surface area contributed by atoms with Crippen LogP contribution in [0, 0.1) is 5.82 Å². The molecule has 0 bridgehead atoms. The van der Waals surface area contributed by atoms with E-state index < -0.39 is 23.5 Å². The monoisotopic (exact) mass is 381 g/mol. The molecule has 2 aromatic carbocycles. The molecule has 1 aliphatic heterocycles. The number of ketones is 1. The van der Waals surface area contributed by atoms with Crippen molar-refractivity contribution in [2.45, 2.75) is 38.6 Å². The van der Waals surface area contributed by atoms with Crippen molar-refractivity contribution in [1.29, 1.82) is 0 Å². The van der Waals surface area contributed by atoms with Gasteiger partial charge in [0.05, 0.1) is 11.6 Å². The van der Waals surface area contributed by atoms with Gasteiger partial charge in [0.15, 0.2) is 0 Å². The van der Waals surface area contributed by atoms with Gasteiger partial charge in [0.2, 0.25) is 0 Å². The second kappa shape index (κ2) is 8.83. The van der Waals surface area contributed by atoms with E-state index in [1.807, 2.05) is 0 Å². The number of halogens is 1. The average molecular weight is 381 g/mol. The maximum Gasteiger partial charge on any atom is 0.295 e. The topological polar surface area (TPSA) is 57.6 Å². The Morgan fingerprint density at radius 2 is 1.68 bits per heavy atom. The Kier molecular flexibility index (Phi) is 6.24. The van der Waals surface area contributed by atoms with Gasteiger partial charge in [-0.2, -0.15) is 0 Å². The molecule has 5 heteroatoms. The molecule has 3 rings (SSSR count). The van der Waals surface area contributed by atoms with Gasteiger partial charge in [0.25, 0.3) is 11.7 Å². The number of hydrogen-bond acceptors (Lipinski definition) is 3. The average Bonchev–Trinajstić information content (AvgIpc) is 2.97. The van der Waals surface area contributed by atoms with Gasteiger partial charge < -0.3 is 10.0 Å². The summed E-state index contributed by atoms with van der Waals surface area (Å²) in [6.45, 7) is 2.52. The Labute approximate surface area is 164 Å². The largest absolute Gasteiger partial charge is 0.507 e. The number of nitrogens with zero attached hydrogens (tertiary/aromatic N) is 1. The van der Waals surface area contributed by atoms with Crippen LogP contribution in [-0.2, 0) is 9.59 Å². The number of carbonyl (C=O) groups is 2. The summed E-state index contributed by atoms with van der Waals surface area (Å²) in [6.07, 6.45) is 3.83. The third-order valence-electron chi connectivity index (χ3n) is 5.03. The maximum atomic E-state index is 13.4. The lowest BCUT2D eigenvalue weighted by molar-refractivity contribution is -0.139. The van der Waals surface area contributed by atoms with E-state index in [-0.39, 0.29) is 11.3 Å². The molecule has 1 fully saturated rings. The van der Waals surface area contributed by atoms with Crippen molar-refractivity contribution < 1.29 is 19.1 Å². The third-order valence-corrected chi connectivity index (χ3v) is 5.03. The molecule has 4 nitrogen and oxygen atoms in total. The number of rotatable bonds is 7. The Morgan fingerprint density at radius 3 is 2.32 bits per heavy atom. The first-order valence-electron chi connectivity index (χ1n) is 9.64. The molecule has 28 heavy (non-hydrogen) atoms. The zero-order valence-electron chi connectivity index (χ0n) is 15.9. The molecule has 1 atom stereocenters. The fourth-order valence-electron chi connectivity index (χ4n) is 3.56. The molecule has 0 aliphatic carbocycles.